The molecule has 0 unspecified atom stereocenters. The van der Waals surface area contributed by atoms with Crippen LogP contribution in [0.25, 0.3) is 11.1 Å². The van der Waals surface area contributed by atoms with E-state index in [1.54, 1.807) is 12.1 Å². The summed E-state index contributed by atoms with van der Waals surface area (Å²) in [6.45, 7) is 8.78. The van der Waals surface area contributed by atoms with Gasteiger partial charge in [-0.1, -0.05) is 80.1 Å². The summed E-state index contributed by atoms with van der Waals surface area (Å²) in [7, 11) is 0. The Balaban J connectivity index is 1.08. The highest BCUT2D eigenvalue weighted by molar-refractivity contribution is 5.76. The first-order valence-corrected chi connectivity index (χ1v) is 19.6. The number of ether oxygens (including phenoxy) is 2. The first-order valence-electron chi connectivity index (χ1n) is 19.6. The Morgan fingerprint density at radius 2 is 1.54 bits per heavy atom. The molecule has 2 amide bonds. The zero-order valence-electron chi connectivity index (χ0n) is 32.3. The average Bonchev–Trinajstić information content (AvgIpc) is 3.22. The third-order valence-corrected chi connectivity index (χ3v) is 10.7. The highest BCUT2D eigenvalue weighted by Gasteiger charge is 2.39. The maximum atomic E-state index is 12.5. The van der Waals surface area contributed by atoms with Gasteiger partial charge < -0.3 is 30.1 Å². The van der Waals surface area contributed by atoms with Gasteiger partial charge in [-0.25, -0.2) is 0 Å². The number of anilines is 1. The molecule has 0 aliphatic carbocycles. The molecule has 2 fully saturated rings. The van der Waals surface area contributed by atoms with E-state index in [1.807, 2.05) is 48.5 Å². The minimum atomic E-state index is -0.582. The van der Waals surface area contributed by atoms with Crippen molar-refractivity contribution in [3.8, 4) is 11.1 Å². The fourth-order valence-electron chi connectivity index (χ4n) is 7.39. The van der Waals surface area contributed by atoms with Crippen LogP contribution in [0.2, 0.25) is 0 Å². The monoisotopic (exact) mass is 763 g/mol. The normalized spacial score (nSPS) is 20.0. The summed E-state index contributed by atoms with van der Waals surface area (Å²) in [5, 5.41) is 26.6. The molecule has 2 heterocycles. The van der Waals surface area contributed by atoms with Gasteiger partial charge in [-0.05, 0) is 58.9 Å². The number of benzene rings is 4. The number of carbonyl (C=O) groups is 2. The lowest BCUT2D eigenvalue weighted by atomic mass is 9.89. The molecule has 6 rings (SSSR count). The second-order valence-electron chi connectivity index (χ2n) is 14.8. The largest absolute Gasteiger partial charge is 0.392 e. The number of non-ortho nitro benzene ring substituents is 1. The highest BCUT2D eigenvalue weighted by Crippen LogP contribution is 2.42. The summed E-state index contributed by atoms with van der Waals surface area (Å²) in [5.41, 5.74) is 7.00. The number of nitro benzene ring substituents is 1. The van der Waals surface area contributed by atoms with Crippen LogP contribution >= 0.6 is 0 Å². The number of aliphatic hydroxyl groups excluding tert-OH is 1. The number of amides is 2. The van der Waals surface area contributed by atoms with Gasteiger partial charge in [0.2, 0.25) is 11.8 Å². The summed E-state index contributed by atoms with van der Waals surface area (Å²) >= 11 is 0. The van der Waals surface area contributed by atoms with Crippen molar-refractivity contribution in [2.45, 2.75) is 71.2 Å². The Morgan fingerprint density at radius 3 is 2.21 bits per heavy atom. The van der Waals surface area contributed by atoms with Crippen LogP contribution in [0.15, 0.2) is 97.1 Å². The number of nitro groups is 1. The van der Waals surface area contributed by atoms with E-state index in [0.29, 0.717) is 19.5 Å². The zero-order chi connectivity index (χ0) is 39.4. The van der Waals surface area contributed by atoms with E-state index in [4.69, 9.17) is 9.47 Å². The molecule has 12 nitrogen and oxygen atoms in total. The minimum absolute atomic E-state index is 0.0193. The van der Waals surface area contributed by atoms with Crippen molar-refractivity contribution in [1.82, 2.24) is 15.5 Å². The Morgan fingerprint density at radius 1 is 0.821 bits per heavy atom. The molecule has 0 bridgehead atoms. The molecule has 2 saturated heterocycles. The second kappa shape index (κ2) is 19.6. The number of hydrogen-bond donors (Lipinski definition) is 3. The number of unbranched alkanes of at least 4 members (excludes halogenated alkanes) is 2. The lowest BCUT2D eigenvalue weighted by molar-refractivity contribution is -0.384. The van der Waals surface area contributed by atoms with Gasteiger partial charge >= 0.3 is 0 Å². The van der Waals surface area contributed by atoms with E-state index in [9.17, 15) is 24.8 Å². The molecule has 0 spiro atoms. The lowest BCUT2D eigenvalue weighted by Crippen LogP contribution is -2.51. The van der Waals surface area contributed by atoms with Crippen LogP contribution in [0.1, 0.15) is 74.2 Å². The minimum Gasteiger partial charge on any atom is -0.392 e. The molecule has 56 heavy (non-hydrogen) atoms. The number of carbonyl (C=O) groups excluding carboxylic acids is 2. The third kappa shape index (κ3) is 11.0. The van der Waals surface area contributed by atoms with Gasteiger partial charge in [-0.3, -0.25) is 24.6 Å². The second-order valence-corrected chi connectivity index (χ2v) is 14.8. The van der Waals surface area contributed by atoms with Crippen LogP contribution < -0.4 is 15.5 Å². The fraction of sp³-hybridized carbons (Fsp3) is 0.409. The summed E-state index contributed by atoms with van der Waals surface area (Å²) in [5.74, 6) is 0.0402. The fourth-order valence-corrected chi connectivity index (χ4v) is 7.39. The number of rotatable bonds is 16. The number of hydrogen-bond acceptors (Lipinski definition) is 9. The third-order valence-electron chi connectivity index (χ3n) is 10.7. The number of aliphatic hydroxyl groups is 1. The summed E-state index contributed by atoms with van der Waals surface area (Å²) in [6.07, 6.45) is 2.08. The van der Waals surface area contributed by atoms with E-state index in [1.165, 1.54) is 6.92 Å². The molecular formula is C44H53N5O7. The van der Waals surface area contributed by atoms with Gasteiger partial charge in [0.05, 0.1) is 23.7 Å². The molecule has 0 radical (unpaired) electrons. The maximum absolute atomic E-state index is 12.5. The number of nitrogens with one attached hydrogen (secondary N) is 2. The summed E-state index contributed by atoms with van der Waals surface area (Å²) in [4.78, 5) is 38.9. The molecule has 0 aromatic heterocycles. The van der Waals surface area contributed by atoms with Crippen molar-refractivity contribution in [3.05, 3.63) is 129 Å². The number of nitrogens with zero attached hydrogens (tertiary/aromatic N) is 3. The Bertz CT molecular complexity index is 1900. The van der Waals surface area contributed by atoms with Crippen LogP contribution in [0.5, 0.6) is 0 Å². The standard InChI is InChI=1S/C44H53N5O7/c1-31-41(29-47-23-25-48(26-24-47)39-18-20-40(21-19-39)49(53)54)55-44(56-43(31)36-12-10-33(30-50)11-13-36)37-16-14-35(15-17-37)38-8-6-7-34(27-38)28-46-42(52)9-4-3-5-22-45-32(2)51/h6-8,10-21,27,31,41,43-44,50H,3-5,9,22-26,28-30H2,1-2H3,(H,45,51)(H,46,52)/t31-,41+,43+,44+/m0/s1. The van der Waals surface area contributed by atoms with E-state index >= 15 is 0 Å². The van der Waals surface area contributed by atoms with Gasteiger partial charge in [0.25, 0.3) is 5.69 Å². The lowest BCUT2D eigenvalue weighted by Gasteiger charge is -2.44. The first kappa shape index (κ1) is 40.5. The molecule has 296 valence electrons. The Hall–Kier alpha value is -5.14. The van der Waals surface area contributed by atoms with E-state index < -0.39 is 6.29 Å². The predicted molar refractivity (Wildman–Crippen MR) is 216 cm³/mol. The number of piperazine rings is 1. The quantitative estimate of drug-likeness (QED) is 0.0646. The van der Waals surface area contributed by atoms with Crippen molar-refractivity contribution in [2.75, 3.05) is 44.2 Å². The molecule has 3 N–H and O–H groups in total. The van der Waals surface area contributed by atoms with Crippen molar-refractivity contribution >= 4 is 23.2 Å². The average molecular weight is 764 g/mol. The van der Waals surface area contributed by atoms with Gasteiger partial charge in [-0.2, -0.15) is 0 Å². The van der Waals surface area contributed by atoms with Crippen molar-refractivity contribution < 1.29 is 29.1 Å². The van der Waals surface area contributed by atoms with Crippen molar-refractivity contribution in [2.24, 2.45) is 5.92 Å². The maximum Gasteiger partial charge on any atom is 0.269 e. The Labute approximate surface area is 329 Å². The smallest absolute Gasteiger partial charge is 0.269 e. The molecule has 12 heteroatoms. The van der Waals surface area contributed by atoms with Gasteiger partial charge in [0.1, 0.15) is 0 Å². The van der Waals surface area contributed by atoms with Gasteiger partial charge in [-0.15, -0.1) is 0 Å². The molecule has 2 aliphatic rings. The van der Waals surface area contributed by atoms with E-state index in [2.05, 4.69) is 63.8 Å². The summed E-state index contributed by atoms with van der Waals surface area (Å²) < 4.78 is 13.5. The predicted octanol–water partition coefficient (Wildman–Crippen LogP) is 6.68. The van der Waals surface area contributed by atoms with Gasteiger partial charge in [0.15, 0.2) is 6.29 Å². The SMILES string of the molecule is CC(=O)NCCCCCC(=O)NCc1cccc(-c2ccc([C@@H]3O[C@H](CN4CCN(c5ccc([N+](=O)[O-])cc5)CC4)[C@H](C)[C@H](c4ccc(CO)cc4)O3)cc2)c1. The van der Waals surface area contributed by atoms with Crippen molar-refractivity contribution in [1.29, 1.82) is 0 Å². The molecule has 2 aliphatic heterocycles. The molecule has 4 aromatic carbocycles. The molecule has 4 atom stereocenters. The van der Waals surface area contributed by atoms with E-state index in [0.717, 1.165) is 91.1 Å². The highest BCUT2D eigenvalue weighted by atomic mass is 16.7. The van der Waals surface area contributed by atoms with Crippen LogP contribution in [0, 0.1) is 16.0 Å². The van der Waals surface area contributed by atoms with E-state index in [-0.39, 0.29) is 47.2 Å². The van der Waals surface area contributed by atoms with Gasteiger partial charge in [0, 0.05) is 88.5 Å². The first-order chi connectivity index (χ1) is 27.2. The molecular weight excluding hydrogens is 711 g/mol. The molecule has 0 saturated carbocycles. The van der Waals surface area contributed by atoms with Crippen LogP contribution in [0.3, 0.4) is 0 Å². The van der Waals surface area contributed by atoms with Crippen LogP contribution in [-0.2, 0) is 32.2 Å². The van der Waals surface area contributed by atoms with Crippen LogP contribution in [-0.4, -0.2) is 72.1 Å². The summed E-state index contributed by atoms with van der Waals surface area (Å²) in [6, 6.07) is 31.2. The van der Waals surface area contributed by atoms with Crippen molar-refractivity contribution in [3.63, 3.8) is 0 Å². The topological polar surface area (TPSA) is 147 Å². The Kier molecular flexibility index (Phi) is 14.2. The molecule has 4 aromatic rings. The van der Waals surface area contributed by atoms with Crippen LogP contribution in [0.4, 0.5) is 11.4 Å². The zero-order valence-corrected chi connectivity index (χ0v) is 32.3.